The maximum atomic E-state index is 8.68. The minimum atomic E-state index is -0.362. The van der Waals surface area contributed by atoms with Gasteiger partial charge >= 0.3 is 0 Å². The van der Waals surface area contributed by atoms with Crippen LogP contribution in [0.25, 0.3) is 0 Å². The molecule has 4 N–H and O–H groups in total. The highest BCUT2D eigenvalue weighted by Crippen LogP contribution is 2.29. The molecule has 1 saturated carbocycles. The molecule has 98 valence electrons. The summed E-state index contributed by atoms with van der Waals surface area (Å²) in [4.78, 5) is 0. The van der Waals surface area contributed by atoms with Crippen LogP contribution in [0.4, 0.5) is 5.69 Å². The molecule has 0 heterocycles. The zero-order chi connectivity index (χ0) is 13.7. The van der Waals surface area contributed by atoms with E-state index in [1.807, 2.05) is 12.1 Å². The van der Waals surface area contributed by atoms with Gasteiger partial charge in [-0.05, 0) is 43.0 Å². The van der Waals surface area contributed by atoms with Gasteiger partial charge in [0, 0.05) is 0 Å². The van der Waals surface area contributed by atoms with Crippen molar-refractivity contribution in [1.29, 1.82) is 10.7 Å². The molecule has 1 aliphatic carbocycles. The van der Waals surface area contributed by atoms with Crippen molar-refractivity contribution in [3.63, 3.8) is 0 Å². The summed E-state index contributed by atoms with van der Waals surface area (Å²) in [6.45, 7) is 0.772. The van der Waals surface area contributed by atoms with Crippen LogP contribution >= 0.6 is 0 Å². The Hall–Kier alpha value is -2.55. The van der Waals surface area contributed by atoms with Crippen LogP contribution in [-0.2, 0) is 0 Å². The number of nitriles is 1. The first-order valence-electron chi connectivity index (χ1n) is 6.00. The first-order valence-corrected chi connectivity index (χ1v) is 6.00. The summed E-state index contributed by atoms with van der Waals surface area (Å²) in [7, 11) is 0. The van der Waals surface area contributed by atoms with Crippen molar-refractivity contribution in [2.45, 2.75) is 12.8 Å². The van der Waals surface area contributed by atoms with Crippen LogP contribution in [0.3, 0.4) is 0 Å². The first kappa shape index (κ1) is 12.9. The molecule has 0 amide bonds. The topological polar surface area (TPSA) is 107 Å². The number of hydrogen-bond donors (Lipinski definition) is 3. The van der Waals surface area contributed by atoms with Gasteiger partial charge in [0.2, 0.25) is 5.71 Å². The molecule has 0 spiro atoms. The fourth-order valence-corrected chi connectivity index (χ4v) is 1.39. The van der Waals surface area contributed by atoms with Gasteiger partial charge in [-0.25, -0.2) is 0 Å². The summed E-state index contributed by atoms with van der Waals surface area (Å²) in [5.41, 5.74) is 8.41. The average molecular weight is 257 g/mol. The fourth-order valence-electron chi connectivity index (χ4n) is 1.39. The van der Waals surface area contributed by atoms with E-state index in [1.54, 1.807) is 18.2 Å². The molecular weight excluding hydrogens is 242 g/mol. The third-order valence-electron chi connectivity index (χ3n) is 2.69. The van der Waals surface area contributed by atoms with Gasteiger partial charge in [-0.2, -0.15) is 10.4 Å². The van der Waals surface area contributed by atoms with E-state index in [0.717, 1.165) is 18.3 Å². The molecule has 0 radical (unpaired) electrons. The second kappa shape index (κ2) is 5.87. The number of amidine groups is 1. The van der Waals surface area contributed by atoms with E-state index in [2.05, 4.69) is 10.5 Å². The van der Waals surface area contributed by atoms with E-state index in [0.29, 0.717) is 5.69 Å². The Balaban J connectivity index is 1.90. The van der Waals surface area contributed by atoms with Gasteiger partial charge in [0.1, 0.15) is 11.8 Å². The summed E-state index contributed by atoms with van der Waals surface area (Å²) in [5, 5.41) is 19.5. The largest absolute Gasteiger partial charge is 0.493 e. The fraction of sp³-hybridized carbons (Fsp3) is 0.308. The van der Waals surface area contributed by atoms with Crippen molar-refractivity contribution in [2.24, 2.45) is 16.8 Å². The van der Waals surface area contributed by atoms with Gasteiger partial charge < -0.3 is 10.5 Å². The van der Waals surface area contributed by atoms with Crippen LogP contribution in [0.5, 0.6) is 5.75 Å². The van der Waals surface area contributed by atoms with Gasteiger partial charge in [-0.15, -0.1) is 0 Å². The average Bonchev–Trinajstić information content (AvgIpc) is 3.22. The van der Waals surface area contributed by atoms with Crippen LogP contribution in [0, 0.1) is 22.7 Å². The molecule has 6 nitrogen and oxygen atoms in total. The van der Waals surface area contributed by atoms with Crippen LogP contribution in [-0.4, -0.2) is 18.2 Å². The van der Waals surface area contributed by atoms with Crippen LogP contribution < -0.4 is 15.9 Å². The molecule has 2 rings (SSSR count). The van der Waals surface area contributed by atoms with E-state index >= 15 is 0 Å². The maximum Gasteiger partial charge on any atom is 0.201 e. The van der Waals surface area contributed by atoms with Gasteiger partial charge in [0.15, 0.2) is 5.84 Å². The molecule has 19 heavy (non-hydrogen) atoms. The number of anilines is 1. The summed E-state index contributed by atoms with van der Waals surface area (Å²) >= 11 is 0. The highest BCUT2D eigenvalue weighted by atomic mass is 16.5. The summed E-state index contributed by atoms with van der Waals surface area (Å²) in [6, 6.07) is 8.99. The van der Waals surface area contributed by atoms with Crippen molar-refractivity contribution in [1.82, 2.24) is 0 Å². The lowest BCUT2D eigenvalue weighted by atomic mass is 10.3. The Labute approximate surface area is 111 Å². The quantitative estimate of drug-likeness (QED) is 0.409. The number of ether oxygens (including phenoxy) is 1. The molecule has 1 aliphatic rings. The number of benzene rings is 1. The van der Waals surface area contributed by atoms with Crippen molar-refractivity contribution < 1.29 is 4.74 Å². The van der Waals surface area contributed by atoms with Gasteiger partial charge in [0.25, 0.3) is 0 Å². The monoisotopic (exact) mass is 257 g/mol. The van der Waals surface area contributed by atoms with E-state index in [4.69, 9.17) is 21.1 Å². The Morgan fingerprint density at radius 1 is 1.47 bits per heavy atom. The van der Waals surface area contributed by atoms with Crippen molar-refractivity contribution in [2.75, 3.05) is 12.0 Å². The van der Waals surface area contributed by atoms with Crippen molar-refractivity contribution >= 4 is 17.2 Å². The Morgan fingerprint density at radius 3 is 2.68 bits per heavy atom. The summed E-state index contributed by atoms with van der Waals surface area (Å²) < 4.78 is 5.60. The lowest BCUT2D eigenvalue weighted by Crippen LogP contribution is -2.21. The SMILES string of the molecule is N#C/C(=N\Nc1ccc(OCC2CC2)cc1)C(=N)N. The van der Waals surface area contributed by atoms with Gasteiger partial charge in [0.05, 0.1) is 12.3 Å². The number of nitrogens with two attached hydrogens (primary N) is 1. The van der Waals surface area contributed by atoms with Gasteiger partial charge in [-0.3, -0.25) is 10.8 Å². The van der Waals surface area contributed by atoms with E-state index in [9.17, 15) is 0 Å². The van der Waals surface area contributed by atoms with E-state index < -0.39 is 0 Å². The van der Waals surface area contributed by atoms with E-state index in [1.165, 1.54) is 12.8 Å². The van der Waals surface area contributed by atoms with Gasteiger partial charge in [-0.1, -0.05) is 0 Å². The molecule has 0 bridgehead atoms. The highest BCUT2D eigenvalue weighted by molar-refractivity contribution is 6.45. The molecule has 1 fully saturated rings. The predicted octanol–water partition coefficient (Wildman–Crippen LogP) is 1.70. The van der Waals surface area contributed by atoms with Crippen molar-refractivity contribution in [3.05, 3.63) is 24.3 Å². The molecule has 0 saturated heterocycles. The van der Waals surface area contributed by atoms with Crippen LogP contribution in [0.2, 0.25) is 0 Å². The number of nitrogens with one attached hydrogen (secondary N) is 2. The lowest BCUT2D eigenvalue weighted by molar-refractivity contribution is 0.300. The summed E-state index contributed by atoms with van der Waals surface area (Å²) in [5.74, 6) is 1.17. The molecule has 0 aromatic heterocycles. The third-order valence-corrected chi connectivity index (χ3v) is 2.69. The molecule has 0 aliphatic heterocycles. The number of rotatable bonds is 6. The number of nitrogens with zero attached hydrogens (tertiary/aromatic N) is 2. The minimum absolute atomic E-state index is 0.144. The number of hydrazone groups is 1. The smallest absolute Gasteiger partial charge is 0.201 e. The minimum Gasteiger partial charge on any atom is -0.493 e. The Morgan fingerprint density at radius 2 is 2.16 bits per heavy atom. The third kappa shape index (κ3) is 4.00. The van der Waals surface area contributed by atoms with Crippen LogP contribution in [0.15, 0.2) is 29.4 Å². The second-order valence-electron chi connectivity index (χ2n) is 4.38. The molecule has 0 unspecified atom stereocenters. The van der Waals surface area contributed by atoms with E-state index in [-0.39, 0.29) is 11.5 Å². The lowest BCUT2D eigenvalue weighted by Gasteiger charge is -2.06. The normalized spacial score (nSPS) is 14.6. The first-order chi connectivity index (χ1) is 9.19. The highest BCUT2D eigenvalue weighted by Gasteiger charge is 2.21. The summed E-state index contributed by atoms with van der Waals surface area (Å²) in [6.07, 6.45) is 2.52. The molecule has 1 aromatic rings. The number of hydrogen-bond acceptors (Lipinski definition) is 5. The van der Waals surface area contributed by atoms with Crippen LogP contribution in [0.1, 0.15) is 12.8 Å². The second-order valence-corrected chi connectivity index (χ2v) is 4.38. The predicted molar refractivity (Wildman–Crippen MR) is 73.2 cm³/mol. The standard InChI is InChI=1S/C13H15N5O/c14-7-12(13(15)16)18-17-10-3-5-11(6-4-10)19-8-9-1-2-9/h3-6,9,17H,1-2,8H2,(H3,15,16)/b18-12+. The van der Waals surface area contributed by atoms with Crippen molar-refractivity contribution in [3.8, 4) is 11.8 Å². The zero-order valence-corrected chi connectivity index (χ0v) is 10.4. The molecular formula is C13H15N5O. The molecule has 0 atom stereocenters. The maximum absolute atomic E-state index is 8.68. The molecule has 6 heteroatoms. The zero-order valence-electron chi connectivity index (χ0n) is 10.4. The Kier molecular flexibility index (Phi) is 3.98. The molecule has 1 aromatic carbocycles. The Bertz CT molecular complexity index is 525.